The van der Waals surface area contributed by atoms with Crippen LogP contribution in [0.2, 0.25) is 0 Å². The molecule has 1 aromatic carbocycles. The molecule has 5 rings (SSSR count). The van der Waals surface area contributed by atoms with E-state index in [0.29, 0.717) is 17.1 Å². The van der Waals surface area contributed by atoms with Crippen molar-refractivity contribution in [3.63, 3.8) is 0 Å². The van der Waals surface area contributed by atoms with Crippen LogP contribution in [0.3, 0.4) is 0 Å². The maximum atomic E-state index is 12.7. The summed E-state index contributed by atoms with van der Waals surface area (Å²) in [5.41, 5.74) is 3.17. The lowest BCUT2D eigenvalue weighted by molar-refractivity contribution is 0.0792. The van der Waals surface area contributed by atoms with E-state index < -0.39 is 0 Å². The van der Waals surface area contributed by atoms with Gasteiger partial charge in [0.1, 0.15) is 5.39 Å². The zero-order chi connectivity index (χ0) is 22.7. The second-order valence-electron chi connectivity index (χ2n) is 8.42. The van der Waals surface area contributed by atoms with Crippen LogP contribution in [0, 0.1) is 24.2 Å². The van der Waals surface area contributed by atoms with Crippen molar-refractivity contribution in [1.29, 1.82) is 5.26 Å². The molecule has 0 radical (unpaired) electrons. The fraction of sp³-hybridized carbons (Fsp3) is 0.417. The lowest BCUT2D eigenvalue weighted by Crippen LogP contribution is -2.28. The number of H-pyrrole nitrogens is 1. The van der Waals surface area contributed by atoms with Gasteiger partial charge in [-0.2, -0.15) is 10.4 Å². The molecule has 0 atom stereocenters. The summed E-state index contributed by atoms with van der Waals surface area (Å²) in [5, 5.41) is 15.9. The first kappa shape index (κ1) is 21.6. The van der Waals surface area contributed by atoms with Crippen LogP contribution in [0.5, 0.6) is 0 Å². The Labute approximate surface area is 186 Å². The van der Waals surface area contributed by atoms with E-state index in [-0.39, 0.29) is 11.5 Å². The predicted molar refractivity (Wildman–Crippen MR) is 124 cm³/mol. The van der Waals surface area contributed by atoms with Crippen LogP contribution in [-0.2, 0) is 6.54 Å². The first-order valence-electron chi connectivity index (χ1n) is 11.1. The molecule has 3 heterocycles. The minimum absolute atomic E-state index is 0.0992. The van der Waals surface area contributed by atoms with Crippen molar-refractivity contribution >= 4 is 28.3 Å². The number of carbonyl (C=O) groups excluding carboxylic acids is 1. The molecule has 1 amide bonds. The van der Waals surface area contributed by atoms with Crippen molar-refractivity contribution < 1.29 is 4.79 Å². The van der Waals surface area contributed by atoms with Crippen LogP contribution < -0.4 is 10.9 Å². The molecule has 3 aromatic rings. The third-order valence-corrected chi connectivity index (χ3v) is 5.92. The monoisotopic (exact) mass is 432 g/mol. The number of aromatic nitrogens is 3. The van der Waals surface area contributed by atoms with E-state index in [1.807, 2.05) is 40.8 Å². The lowest BCUT2D eigenvalue weighted by Gasteiger charge is -2.17. The number of aromatic amines is 1. The van der Waals surface area contributed by atoms with E-state index in [2.05, 4.69) is 15.4 Å². The number of amides is 1. The topological polar surface area (TPSA) is 107 Å². The number of nitrogens with zero attached hydrogens (tertiary/aromatic N) is 4. The first-order chi connectivity index (χ1) is 15.5. The van der Waals surface area contributed by atoms with Crippen LogP contribution >= 0.6 is 0 Å². The third-order valence-electron chi connectivity index (χ3n) is 5.92. The number of nitriles is 1. The number of fused-ring (bicyclic) bond motifs is 1. The molecule has 1 aliphatic carbocycles. The highest BCUT2D eigenvalue weighted by atomic mass is 16.2. The van der Waals surface area contributed by atoms with Crippen LogP contribution in [0.25, 0.3) is 10.9 Å². The Morgan fingerprint density at radius 3 is 2.66 bits per heavy atom. The molecule has 8 nitrogen and oxygen atoms in total. The zero-order valence-corrected chi connectivity index (χ0v) is 18.5. The molecule has 1 saturated heterocycles. The molecule has 1 saturated carbocycles. The van der Waals surface area contributed by atoms with Gasteiger partial charge in [-0.3, -0.25) is 14.3 Å². The average molecular weight is 433 g/mol. The fourth-order valence-corrected chi connectivity index (χ4v) is 4.12. The molecule has 166 valence electrons. The Morgan fingerprint density at radius 1 is 1.28 bits per heavy atom. The number of pyridine rings is 1. The maximum absolute atomic E-state index is 12.7. The van der Waals surface area contributed by atoms with Crippen molar-refractivity contribution in [2.75, 3.05) is 18.4 Å². The van der Waals surface area contributed by atoms with Gasteiger partial charge in [-0.25, -0.2) is 0 Å². The van der Waals surface area contributed by atoms with Gasteiger partial charge in [-0.15, -0.1) is 0 Å². The molecular weight excluding hydrogens is 404 g/mol. The lowest BCUT2D eigenvalue weighted by atomic mass is 10.1. The van der Waals surface area contributed by atoms with E-state index >= 15 is 0 Å². The quantitative estimate of drug-likeness (QED) is 0.635. The highest BCUT2D eigenvalue weighted by molar-refractivity contribution is 5.96. The molecule has 0 spiro atoms. The van der Waals surface area contributed by atoms with Crippen molar-refractivity contribution in [3.8, 4) is 6.07 Å². The number of likely N-dealkylation sites (tertiary alicyclic amines) is 1. The van der Waals surface area contributed by atoms with Crippen LogP contribution in [0.15, 0.2) is 35.3 Å². The average Bonchev–Trinajstić information content (AvgIpc) is 3.28. The summed E-state index contributed by atoms with van der Waals surface area (Å²) in [6.45, 7) is 5.89. The smallest absolute Gasteiger partial charge is 0.261 e. The second-order valence-corrected chi connectivity index (χ2v) is 8.42. The van der Waals surface area contributed by atoms with Crippen molar-refractivity contribution in [3.05, 3.63) is 51.9 Å². The maximum Gasteiger partial charge on any atom is 0.261 e. The van der Waals surface area contributed by atoms with E-state index in [9.17, 15) is 9.59 Å². The molecular formula is C24H28N6O2. The number of carbonyl (C=O) groups is 1. The highest BCUT2D eigenvalue weighted by Crippen LogP contribution is 2.33. The summed E-state index contributed by atoms with van der Waals surface area (Å²) in [7, 11) is 0. The molecule has 0 unspecified atom stereocenters. The van der Waals surface area contributed by atoms with E-state index in [1.165, 1.54) is 19.8 Å². The van der Waals surface area contributed by atoms with Crippen molar-refractivity contribution in [2.45, 2.75) is 46.1 Å². The molecule has 2 N–H and O–H groups in total. The number of hydrogen-bond acceptors (Lipinski definition) is 5. The van der Waals surface area contributed by atoms with Crippen LogP contribution in [0.4, 0.5) is 11.5 Å². The molecule has 32 heavy (non-hydrogen) atoms. The highest BCUT2D eigenvalue weighted by Gasteiger charge is 2.25. The van der Waals surface area contributed by atoms with Gasteiger partial charge in [0.25, 0.3) is 11.5 Å². The van der Waals surface area contributed by atoms with Gasteiger partial charge in [0.2, 0.25) is 0 Å². The molecule has 2 aliphatic rings. The molecule has 1 aliphatic heterocycles. The van der Waals surface area contributed by atoms with Gasteiger partial charge in [0.15, 0.2) is 5.82 Å². The first-order valence-corrected chi connectivity index (χ1v) is 11.1. The number of rotatable bonds is 5. The second kappa shape index (κ2) is 9.27. The molecule has 0 bridgehead atoms. The van der Waals surface area contributed by atoms with Crippen LogP contribution in [-0.4, -0.2) is 38.7 Å². The summed E-state index contributed by atoms with van der Waals surface area (Å²) in [5.74, 6) is 1.31. The minimum atomic E-state index is -0.149. The molecule has 2 fully saturated rings. The molecule has 2 aromatic heterocycles. The Kier molecular flexibility index (Phi) is 6.26. The van der Waals surface area contributed by atoms with E-state index in [4.69, 9.17) is 5.26 Å². The summed E-state index contributed by atoms with van der Waals surface area (Å²) in [6.07, 6.45) is 6.27. The number of nitrogens with one attached hydrogen (secondary N) is 2. The molecule has 8 heteroatoms. The SMILES string of the molecule is CC#N.Cc1cc(Nc2nn(CC3CC3)c3cc[nH]c(=O)c23)ccc1C(=O)N1CCCC1. The largest absolute Gasteiger partial charge is 0.339 e. The third kappa shape index (κ3) is 4.52. The summed E-state index contributed by atoms with van der Waals surface area (Å²) >= 11 is 0. The van der Waals surface area contributed by atoms with Gasteiger partial charge in [-0.05, 0) is 68.4 Å². The normalized spacial score (nSPS) is 15.2. The Bertz CT molecular complexity index is 1230. The number of aryl methyl sites for hydroxylation is 1. The number of hydrogen-bond donors (Lipinski definition) is 2. The zero-order valence-electron chi connectivity index (χ0n) is 18.5. The predicted octanol–water partition coefficient (Wildman–Crippen LogP) is 3.95. The Morgan fingerprint density at radius 2 is 2.00 bits per heavy atom. The van der Waals surface area contributed by atoms with Crippen molar-refractivity contribution in [2.24, 2.45) is 5.92 Å². The Balaban J connectivity index is 0.000000775. The van der Waals surface area contributed by atoms with Gasteiger partial charge >= 0.3 is 0 Å². The number of benzene rings is 1. The van der Waals surface area contributed by atoms with Crippen molar-refractivity contribution in [1.82, 2.24) is 19.7 Å². The van der Waals surface area contributed by atoms with Crippen LogP contribution in [0.1, 0.15) is 48.5 Å². The summed E-state index contributed by atoms with van der Waals surface area (Å²) in [6, 6.07) is 9.36. The Hall–Kier alpha value is -3.60. The summed E-state index contributed by atoms with van der Waals surface area (Å²) < 4.78 is 1.93. The number of anilines is 2. The standard InChI is InChI=1S/C22H25N5O2.C2H3N/c1-14-12-16(6-7-17(14)22(29)26-10-2-3-11-26)24-20-19-18(8-9-23-21(19)28)27(25-20)13-15-4-5-15;1-2-3/h6-9,12,15H,2-5,10-11,13H2,1H3,(H,23,28)(H,24,25);1H3. The fourth-order valence-electron chi connectivity index (χ4n) is 4.12. The van der Waals surface area contributed by atoms with E-state index in [1.54, 1.807) is 12.3 Å². The van der Waals surface area contributed by atoms with E-state index in [0.717, 1.165) is 54.8 Å². The summed E-state index contributed by atoms with van der Waals surface area (Å²) in [4.78, 5) is 29.8. The van der Waals surface area contributed by atoms with Gasteiger partial charge in [-0.1, -0.05) is 0 Å². The van der Waals surface area contributed by atoms with Gasteiger partial charge in [0, 0.05) is 44.0 Å². The minimum Gasteiger partial charge on any atom is -0.339 e. The van der Waals surface area contributed by atoms with Gasteiger partial charge in [0.05, 0.1) is 11.6 Å². The van der Waals surface area contributed by atoms with Gasteiger partial charge < -0.3 is 15.2 Å².